The van der Waals surface area contributed by atoms with Crippen LogP contribution in [-0.4, -0.2) is 30.6 Å². The fourth-order valence-corrected chi connectivity index (χ4v) is 3.34. The van der Waals surface area contributed by atoms with Gasteiger partial charge in [-0.25, -0.2) is 0 Å². The van der Waals surface area contributed by atoms with Gasteiger partial charge in [0.2, 0.25) is 0 Å². The van der Waals surface area contributed by atoms with Gasteiger partial charge in [-0.1, -0.05) is 31.2 Å². The summed E-state index contributed by atoms with van der Waals surface area (Å²) in [4.78, 5) is 2.61. The van der Waals surface area contributed by atoms with Crippen molar-refractivity contribution in [3.8, 4) is 0 Å². The summed E-state index contributed by atoms with van der Waals surface area (Å²) < 4.78 is 0. The first kappa shape index (κ1) is 12.2. The monoisotopic (exact) mass is 244 g/mol. The van der Waals surface area contributed by atoms with E-state index in [-0.39, 0.29) is 0 Å². The quantitative estimate of drug-likeness (QED) is 0.875. The molecule has 3 aliphatic rings. The van der Waals surface area contributed by atoms with Gasteiger partial charge in [0.15, 0.2) is 0 Å². The summed E-state index contributed by atoms with van der Waals surface area (Å²) in [6, 6.07) is 9.78. The molecular weight excluding hydrogens is 220 g/mol. The minimum atomic E-state index is 0.721. The van der Waals surface area contributed by atoms with Crippen LogP contribution in [0.2, 0.25) is 0 Å². The molecule has 1 unspecified atom stereocenters. The average Bonchev–Trinajstić information content (AvgIpc) is 2.47. The van der Waals surface area contributed by atoms with Gasteiger partial charge in [0.25, 0.3) is 0 Å². The molecule has 1 N–H and O–H groups in total. The van der Waals surface area contributed by atoms with E-state index in [0.29, 0.717) is 0 Å². The van der Waals surface area contributed by atoms with Crippen molar-refractivity contribution in [1.29, 1.82) is 0 Å². The van der Waals surface area contributed by atoms with Crippen LogP contribution in [0.15, 0.2) is 24.3 Å². The molecule has 3 aliphatic heterocycles. The molecule has 1 aromatic carbocycles. The Morgan fingerprint density at radius 3 is 2.33 bits per heavy atom. The van der Waals surface area contributed by atoms with Gasteiger partial charge in [-0.05, 0) is 49.4 Å². The zero-order chi connectivity index (χ0) is 12.4. The standard InChI is InChI=1S/C16H24N2/c1-2-13-3-5-14(6-4-13)11-17-16-12-18-9-7-15(16)8-10-18/h3-6,15-17H,2,7-12H2,1H3. The van der Waals surface area contributed by atoms with Gasteiger partial charge in [-0.2, -0.15) is 0 Å². The van der Waals surface area contributed by atoms with Crippen LogP contribution in [0.1, 0.15) is 30.9 Å². The first-order chi connectivity index (χ1) is 8.85. The van der Waals surface area contributed by atoms with Crippen molar-refractivity contribution in [2.75, 3.05) is 19.6 Å². The van der Waals surface area contributed by atoms with E-state index in [4.69, 9.17) is 0 Å². The van der Waals surface area contributed by atoms with Gasteiger partial charge >= 0.3 is 0 Å². The Balaban J connectivity index is 1.54. The Kier molecular flexibility index (Phi) is 3.67. The molecule has 0 aliphatic carbocycles. The molecule has 0 amide bonds. The van der Waals surface area contributed by atoms with Crippen molar-refractivity contribution < 1.29 is 0 Å². The average molecular weight is 244 g/mol. The summed E-state index contributed by atoms with van der Waals surface area (Å²) in [7, 11) is 0. The third kappa shape index (κ3) is 2.60. The van der Waals surface area contributed by atoms with E-state index in [1.807, 2.05) is 0 Å². The van der Waals surface area contributed by atoms with Crippen LogP contribution in [0, 0.1) is 5.92 Å². The Hall–Kier alpha value is -0.860. The number of fused-ring (bicyclic) bond motifs is 3. The molecule has 4 rings (SSSR count). The molecule has 2 bridgehead atoms. The van der Waals surface area contributed by atoms with E-state index < -0.39 is 0 Å². The second kappa shape index (κ2) is 5.41. The van der Waals surface area contributed by atoms with E-state index >= 15 is 0 Å². The zero-order valence-corrected chi connectivity index (χ0v) is 11.4. The first-order valence-corrected chi connectivity index (χ1v) is 7.38. The van der Waals surface area contributed by atoms with Crippen LogP contribution in [0.5, 0.6) is 0 Å². The number of hydrogen-bond acceptors (Lipinski definition) is 2. The number of hydrogen-bond donors (Lipinski definition) is 1. The van der Waals surface area contributed by atoms with Crippen LogP contribution in [0.25, 0.3) is 0 Å². The Labute approximate surface area is 110 Å². The number of nitrogens with zero attached hydrogens (tertiary/aromatic N) is 1. The highest BCUT2D eigenvalue weighted by Gasteiger charge is 2.33. The second-order valence-electron chi connectivity index (χ2n) is 5.80. The predicted octanol–water partition coefficient (Wildman–Crippen LogP) is 2.43. The van der Waals surface area contributed by atoms with E-state index in [1.165, 1.54) is 43.6 Å². The van der Waals surface area contributed by atoms with E-state index in [0.717, 1.165) is 24.9 Å². The highest BCUT2D eigenvalue weighted by Crippen LogP contribution is 2.27. The van der Waals surface area contributed by atoms with E-state index in [1.54, 1.807) is 0 Å². The van der Waals surface area contributed by atoms with Crippen LogP contribution in [0.4, 0.5) is 0 Å². The largest absolute Gasteiger partial charge is 0.308 e. The number of rotatable bonds is 4. The molecule has 0 saturated carbocycles. The molecule has 3 saturated heterocycles. The maximum atomic E-state index is 3.77. The van der Waals surface area contributed by atoms with Crippen molar-refractivity contribution in [3.05, 3.63) is 35.4 Å². The van der Waals surface area contributed by atoms with Crippen LogP contribution in [-0.2, 0) is 13.0 Å². The van der Waals surface area contributed by atoms with E-state index in [9.17, 15) is 0 Å². The molecule has 1 atom stereocenters. The lowest BCUT2D eigenvalue weighted by molar-refractivity contribution is 0.0720. The molecule has 0 spiro atoms. The number of piperidine rings is 3. The molecule has 1 aromatic rings. The summed E-state index contributed by atoms with van der Waals surface area (Å²) >= 11 is 0. The van der Waals surface area contributed by atoms with Crippen LogP contribution in [0.3, 0.4) is 0 Å². The van der Waals surface area contributed by atoms with Crippen LogP contribution >= 0.6 is 0 Å². The molecule has 98 valence electrons. The summed E-state index contributed by atoms with van der Waals surface area (Å²) in [5, 5.41) is 3.77. The molecule has 0 aromatic heterocycles. The van der Waals surface area contributed by atoms with Gasteiger partial charge in [-0.3, -0.25) is 0 Å². The molecule has 3 heterocycles. The summed E-state index contributed by atoms with van der Waals surface area (Å²) in [6.07, 6.45) is 3.92. The van der Waals surface area contributed by atoms with Gasteiger partial charge in [-0.15, -0.1) is 0 Å². The normalized spacial score (nSPS) is 30.6. The smallest absolute Gasteiger partial charge is 0.0227 e. The fourth-order valence-electron chi connectivity index (χ4n) is 3.34. The molecule has 3 fully saturated rings. The molecule has 2 nitrogen and oxygen atoms in total. The van der Waals surface area contributed by atoms with Gasteiger partial charge < -0.3 is 10.2 Å². The lowest BCUT2D eigenvalue weighted by Crippen LogP contribution is -2.55. The van der Waals surface area contributed by atoms with Crippen molar-refractivity contribution in [1.82, 2.24) is 10.2 Å². The Bertz CT molecular complexity index is 377. The third-order valence-corrected chi connectivity index (χ3v) is 4.66. The predicted molar refractivity (Wildman–Crippen MR) is 75.6 cm³/mol. The topological polar surface area (TPSA) is 15.3 Å². The Morgan fingerprint density at radius 2 is 1.78 bits per heavy atom. The highest BCUT2D eigenvalue weighted by molar-refractivity contribution is 5.22. The SMILES string of the molecule is CCc1ccc(CNC2CN3CCC2CC3)cc1. The number of aryl methyl sites for hydroxylation is 1. The first-order valence-electron chi connectivity index (χ1n) is 7.38. The fraction of sp³-hybridized carbons (Fsp3) is 0.625. The van der Waals surface area contributed by atoms with Gasteiger partial charge in [0.1, 0.15) is 0 Å². The van der Waals surface area contributed by atoms with E-state index in [2.05, 4.69) is 41.4 Å². The van der Waals surface area contributed by atoms with Crippen LogP contribution < -0.4 is 5.32 Å². The van der Waals surface area contributed by atoms with Gasteiger partial charge in [0, 0.05) is 19.1 Å². The maximum absolute atomic E-state index is 3.77. The molecule has 18 heavy (non-hydrogen) atoms. The lowest BCUT2D eigenvalue weighted by Gasteiger charge is -2.45. The Morgan fingerprint density at radius 1 is 1.11 bits per heavy atom. The highest BCUT2D eigenvalue weighted by atomic mass is 15.2. The van der Waals surface area contributed by atoms with Crippen molar-refractivity contribution in [2.24, 2.45) is 5.92 Å². The summed E-state index contributed by atoms with van der Waals surface area (Å²) in [5.74, 6) is 0.921. The lowest BCUT2D eigenvalue weighted by atomic mass is 9.84. The molecule has 0 radical (unpaired) electrons. The minimum Gasteiger partial charge on any atom is -0.308 e. The summed E-state index contributed by atoms with van der Waals surface area (Å²) in [5.41, 5.74) is 2.85. The van der Waals surface area contributed by atoms with Gasteiger partial charge in [0.05, 0.1) is 0 Å². The minimum absolute atomic E-state index is 0.721. The zero-order valence-electron chi connectivity index (χ0n) is 11.4. The third-order valence-electron chi connectivity index (χ3n) is 4.66. The van der Waals surface area contributed by atoms with Crippen molar-refractivity contribution >= 4 is 0 Å². The molecule has 2 heteroatoms. The van der Waals surface area contributed by atoms with Crippen molar-refractivity contribution in [3.63, 3.8) is 0 Å². The number of benzene rings is 1. The summed E-state index contributed by atoms with van der Waals surface area (Å²) in [6.45, 7) is 7.15. The second-order valence-corrected chi connectivity index (χ2v) is 5.80. The maximum Gasteiger partial charge on any atom is 0.0227 e. The molecular formula is C16H24N2. The number of nitrogens with one attached hydrogen (secondary N) is 1. The van der Waals surface area contributed by atoms with Crippen molar-refractivity contribution in [2.45, 2.75) is 38.8 Å².